The fourth-order valence-electron chi connectivity index (χ4n) is 2.82. The highest BCUT2D eigenvalue weighted by atomic mass is 35.5. The first kappa shape index (κ1) is 12.0. The first-order chi connectivity index (χ1) is 8.63. The molecule has 2 heterocycles. The maximum absolute atomic E-state index is 5.91. The van der Waals surface area contributed by atoms with Gasteiger partial charge in [0.2, 0.25) is 0 Å². The number of alkyl halides is 1. The van der Waals surface area contributed by atoms with Crippen LogP contribution in [0, 0.1) is 12.8 Å². The van der Waals surface area contributed by atoms with Crippen LogP contribution in [0.2, 0.25) is 0 Å². The standard InChI is InChI=1S/C13H19ClN4/c1-8-12-13(17(3)16-8)18(9(2)10-4-5-10)11(15-12)6-7-14/h9-10H,4-7H2,1-3H3. The summed E-state index contributed by atoms with van der Waals surface area (Å²) in [5.41, 5.74) is 3.18. The molecular formula is C13H19ClN4. The van der Waals surface area contributed by atoms with Crippen LogP contribution in [-0.2, 0) is 13.5 Å². The summed E-state index contributed by atoms with van der Waals surface area (Å²) in [5, 5.41) is 4.47. The van der Waals surface area contributed by atoms with E-state index >= 15 is 0 Å². The van der Waals surface area contributed by atoms with Gasteiger partial charge in [0.05, 0.1) is 5.69 Å². The van der Waals surface area contributed by atoms with Crippen LogP contribution in [0.15, 0.2) is 0 Å². The van der Waals surface area contributed by atoms with Crippen molar-refractivity contribution < 1.29 is 0 Å². The Hall–Kier alpha value is -1.03. The first-order valence-electron chi connectivity index (χ1n) is 6.60. The molecule has 1 fully saturated rings. The third-order valence-corrected chi connectivity index (χ3v) is 4.13. The Bertz CT molecular complexity index is 579. The van der Waals surface area contributed by atoms with Gasteiger partial charge in [0.25, 0.3) is 0 Å². The molecule has 1 unspecified atom stereocenters. The molecule has 5 heteroatoms. The predicted octanol–water partition coefficient (Wildman–Crippen LogP) is 2.83. The number of halogens is 1. The molecule has 0 aromatic carbocycles. The highest BCUT2D eigenvalue weighted by Gasteiger charge is 2.32. The van der Waals surface area contributed by atoms with Gasteiger partial charge in [0.15, 0.2) is 5.65 Å². The molecule has 2 aromatic rings. The normalized spacial score (nSPS) is 17.6. The van der Waals surface area contributed by atoms with E-state index in [9.17, 15) is 0 Å². The molecule has 1 aliphatic carbocycles. The van der Waals surface area contributed by atoms with E-state index in [1.54, 1.807) is 0 Å². The lowest BCUT2D eigenvalue weighted by Gasteiger charge is -2.16. The monoisotopic (exact) mass is 266 g/mol. The molecule has 1 saturated carbocycles. The number of hydrogen-bond donors (Lipinski definition) is 0. The number of aryl methyl sites for hydroxylation is 3. The molecule has 1 aliphatic rings. The summed E-state index contributed by atoms with van der Waals surface area (Å²) in [4.78, 5) is 4.75. The minimum absolute atomic E-state index is 0.503. The van der Waals surface area contributed by atoms with Gasteiger partial charge in [-0.05, 0) is 32.6 Å². The SMILES string of the molecule is Cc1nn(C)c2c1nc(CCCl)n2C(C)C1CC1. The summed E-state index contributed by atoms with van der Waals surface area (Å²) >= 11 is 5.91. The van der Waals surface area contributed by atoms with Gasteiger partial charge < -0.3 is 4.57 Å². The third-order valence-electron chi connectivity index (χ3n) is 3.94. The summed E-state index contributed by atoms with van der Waals surface area (Å²) in [7, 11) is 2.00. The van der Waals surface area contributed by atoms with E-state index in [4.69, 9.17) is 16.6 Å². The van der Waals surface area contributed by atoms with Crippen molar-refractivity contribution in [3.05, 3.63) is 11.5 Å². The Balaban J connectivity index is 2.19. The number of nitrogens with zero attached hydrogens (tertiary/aromatic N) is 4. The van der Waals surface area contributed by atoms with Crippen LogP contribution in [-0.4, -0.2) is 25.2 Å². The zero-order valence-electron chi connectivity index (χ0n) is 11.1. The molecule has 0 spiro atoms. The van der Waals surface area contributed by atoms with Crippen molar-refractivity contribution in [2.75, 3.05) is 5.88 Å². The van der Waals surface area contributed by atoms with Crippen molar-refractivity contribution in [2.45, 2.75) is 39.2 Å². The highest BCUT2D eigenvalue weighted by Crippen LogP contribution is 2.41. The minimum Gasteiger partial charge on any atom is -0.310 e. The molecule has 3 rings (SSSR count). The van der Waals surface area contributed by atoms with Crippen LogP contribution >= 0.6 is 11.6 Å². The smallest absolute Gasteiger partial charge is 0.158 e. The van der Waals surface area contributed by atoms with Crippen molar-refractivity contribution >= 4 is 22.8 Å². The summed E-state index contributed by atoms with van der Waals surface area (Å²) < 4.78 is 4.31. The largest absolute Gasteiger partial charge is 0.310 e. The molecule has 0 saturated heterocycles. The van der Waals surface area contributed by atoms with E-state index in [0.29, 0.717) is 11.9 Å². The minimum atomic E-state index is 0.503. The topological polar surface area (TPSA) is 35.6 Å². The molecule has 0 N–H and O–H groups in total. The Labute approximate surface area is 112 Å². The molecule has 2 aromatic heterocycles. The lowest BCUT2D eigenvalue weighted by atomic mass is 10.2. The number of hydrogen-bond acceptors (Lipinski definition) is 2. The number of aromatic nitrogens is 4. The fourth-order valence-corrected chi connectivity index (χ4v) is 2.99. The molecule has 18 heavy (non-hydrogen) atoms. The van der Waals surface area contributed by atoms with Gasteiger partial charge in [0.1, 0.15) is 11.3 Å². The number of rotatable bonds is 4. The van der Waals surface area contributed by atoms with Gasteiger partial charge >= 0.3 is 0 Å². The van der Waals surface area contributed by atoms with Crippen LogP contribution in [0.25, 0.3) is 11.2 Å². The van der Waals surface area contributed by atoms with Crippen LogP contribution in [0.4, 0.5) is 0 Å². The second-order valence-corrected chi connectivity index (χ2v) is 5.67. The lowest BCUT2D eigenvalue weighted by molar-refractivity contribution is 0.472. The quantitative estimate of drug-likeness (QED) is 0.798. The van der Waals surface area contributed by atoms with Crippen molar-refractivity contribution in [2.24, 2.45) is 13.0 Å². The van der Waals surface area contributed by atoms with E-state index in [0.717, 1.165) is 35.0 Å². The maximum Gasteiger partial charge on any atom is 0.158 e. The van der Waals surface area contributed by atoms with Crippen LogP contribution in [0.5, 0.6) is 0 Å². The first-order valence-corrected chi connectivity index (χ1v) is 7.13. The zero-order valence-corrected chi connectivity index (χ0v) is 11.9. The molecule has 0 radical (unpaired) electrons. The number of fused-ring (bicyclic) bond motifs is 1. The number of imidazole rings is 1. The molecule has 0 amide bonds. The van der Waals surface area contributed by atoms with E-state index < -0.39 is 0 Å². The Morgan fingerprint density at radius 1 is 1.44 bits per heavy atom. The average Bonchev–Trinajstić information content (AvgIpc) is 3.05. The van der Waals surface area contributed by atoms with Gasteiger partial charge in [-0.15, -0.1) is 11.6 Å². The maximum atomic E-state index is 5.91. The van der Waals surface area contributed by atoms with Crippen molar-refractivity contribution in [3.63, 3.8) is 0 Å². The van der Waals surface area contributed by atoms with Gasteiger partial charge in [-0.2, -0.15) is 5.10 Å². The van der Waals surface area contributed by atoms with Crippen LogP contribution < -0.4 is 0 Å². The Morgan fingerprint density at radius 2 is 2.17 bits per heavy atom. The summed E-state index contributed by atoms with van der Waals surface area (Å²) in [6, 6.07) is 0.503. The van der Waals surface area contributed by atoms with Crippen LogP contribution in [0.3, 0.4) is 0 Å². The van der Waals surface area contributed by atoms with Gasteiger partial charge in [-0.25, -0.2) is 4.98 Å². The average molecular weight is 267 g/mol. The molecular weight excluding hydrogens is 248 g/mol. The molecule has 98 valence electrons. The second-order valence-electron chi connectivity index (χ2n) is 5.30. The lowest BCUT2D eigenvalue weighted by Crippen LogP contribution is -2.14. The van der Waals surface area contributed by atoms with E-state index in [2.05, 4.69) is 16.6 Å². The molecule has 0 aliphatic heterocycles. The Kier molecular flexibility index (Phi) is 2.85. The second kappa shape index (κ2) is 4.26. The highest BCUT2D eigenvalue weighted by molar-refractivity contribution is 6.17. The summed E-state index contributed by atoms with van der Waals surface area (Å²) in [6.45, 7) is 4.31. The van der Waals surface area contributed by atoms with Crippen molar-refractivity contribution in [1.29, 1.82) is 0 Å². The van der Waals surface area contributed by atoms with E-state index in [-0.39, 0.29) is 0 Å². The van der Waals surface area contributed by atoms with Gasteiger partial charge in [0, 0.05) is 25.4 Å². The molecule has 4 nitrogen and oxygen atoms in total. The van der Waals surface area contributed by atoms with E-state index in [1.165, 1.54) is 12.8 Å². The fraction of sp³-hybridized carbons (Fsp3) is 0.692. The third kappa shape index (κ3) is 1.74. The zero-order chi connectivity index (χ0) is 12.9. The van der Waals surface area contributed by atoms with Crippen molar-refractivity contribution in [3.8, 4) is 0 Å². The van der Waals surface area contributed by atoms with E-state index in [1.807, 2.05) is 18.7 Å². The molecule has 0 bridgehead atoms. The summed E-state index contributed by atoms with van der Waals surface area (Å²) in [5.74, 6) is 2.52. The predicted molar refractivity (Wildman–Crippen MR) is 73.1 cm³/mol. The molecule has 1 atom stereocenters. The van der Waals surface area contributed by atoms with Gasteiger partial charge in [-0.3, -0.25) is 4.68 Å². The van der Waals surface area contributed by atoms with Gasteiger partial charge in [-0.1, -0.05) is 0 Å². The van der Waals surface area contributed by atoms with Crippen molar-refractivity contribution in [1.82, 2.24) is 19.3 Å². The summed E-state index contributed by atoms with van der Waals surface area (Å²) in [6.07, 6.45) is 3.49. The van der Waals surface area contributed by atoms with Crippen LogP contribution in [0.1, 0.15) is 37.3 Å². The Morgan fingerprint density at radius 3 is 2.78 bits per heavy atom.